The van der Waals surface area contributed by atoms with Gasteiger partial charge >= 0.3 is 0 Å². The van der Waals surface area contributed by atoms with Crippen LogP contribution in [0.5, 0.6) is 11.5 Å². The van der Waals surface area contributed by atoms with Gasteiger partial charge in [-0.3, -0.25) is 4.79 Å². The fourth-order valence-corrected chi connectivity index (χ4v) is 4.08. The minimum atomic E-state index is -0.342. The third-order valence-electron chi connectivity index (χ3n) is 5.71. The minimum Gasteiger partial charge on any atom is -0.493 e. The molecular weight excluding hydrogens is 418 g/mol. The Bertz CT molecular complexity index is 1120. The maximum atomic E-state index is 12.4. The van der Waals surface area contributed by atoms with Crippen LogP contribution >= 0.6 is 0 Å². The molecule has 1 N–H and O–H groups in total. The van der Waals surface area contributed by atoms with Crippen molar-refractivity contribution in [2.75, 3.05) is 20.3 Å². The lowest BCUT2D eigenvalue weighted by atomic mass is 10.2. The van der Waals surface area contributed by atoms with Crippen LogP contribution in [0.4, 0.5) is 0 Å². The Morgan fingerprint density at radius 1 is 1.27 bits per heavy atom. The van der Waals surface area contributed by atoms with Crippen molar-refractivity contribution in [1.82, 2.24) is 14.9 Å². The Morgan fingerprint density at radius 3 is 2.94 bits per heavy atom. The number of fused-ring (bicyclic) bond motifs is 1. The van der Waals surface area contributed by atoms with E-state index in [1.807, 2.05) is 55.5 Å². The fraction of sp³-hybridized carbons (Fsp3) is 0.385. The molecule has 0 spiro atoms. The van der Waals surface area contributed by atoms with Crippen LogP contribution in [0, 0.1) is 0 Å². The maximum absolute atomic E-state index is 12.4. The third-order valence-corrected chi connectivity index (χ3v) is 5.71. The summed E-state index contributed by atoms with van der Waals surface area (Å²) in [7, 11) is 1.65. The molecule has 0 bridgehead atoms. The molecule has 2 aromatic carbocycles. The smallest absolute Gasteiger partial charge is 0.249 e. The quantitative estimate of drug-likeness (QED) is 0.466. The molecule has 0 radical (unpaired) electrons. The fourth-order valence-electron chi connectivity index (χ4n) is 4.08. The Labute approximate surface area is 194 Å². The number of aromatic nitrogens is 2. The van der Waals surface area contributed by atoms with Gasteiger partial charge in [0.25, 0.3) is 0 Å². The first-order valence-corrected chi connectivity index (χ1v) is 11.5. The van der Waals surface area contributed by atoms with Crippen LogP contribution in [0.1, 0.15) is 37.6 Å². The number of para-hydroxylation sites is 2. The molecule has 0 aliphatic carbocycles. The second-order valence-corrected chi connectivity index (χ2v) is 8.00. The Kier molecular flexibility index (Phi) is 7.62. The first-order chi connectivity index (χ1) is 16.2. The number of nitrogens with one attached hydrogen (secondary N) is 1. The van der Waals surface area contributed by atoms with Gasteiger partial charge < -0.3 is 24.1 Å². The van der Waals surface area contributed by atoms with Gasteiger partial charge in [0, 0.05) is 13.2 Å². The highest BCUT2D eigenvalue weighted by atomic mass is 16.5. The lowest BCUT2D eigenvalue weighted by Gasteiger charge is -2.14. The molecule has 7 nitrogen and oxygen atoms in total. The van der Waals surface area contributed by atoms with E-state index in [-0.39, 0.29) is 12.0 Å². The Hall–Kier alpha value is -3.32. The second kappa shape index (κ2) is 11.0. The molecule has 0 saturated carbocycles. The zero-order valence-corrected chi connectivity index (χ0v) is 19.3. The number of ether oxygens (including phenoxy) is 3. The number of imidazole rings is 1. The van der Waals surface area contributed by atoms with Gasteiger partial charge in [-0.2, -0.15) is 0 Å². The summed E-state index contributed by atoms with van der Waals surface area (Å²) in [6, 6.07) is 13.9. The number of aryl methyl sites for hydroxylation is 1. The average molecular weight is 450 g/mol. The first-order valence-electron chi connectivity index (χ1n) is 11.5. The summed E-state index contributed by atoms with van der Waals surface area (Å²) < 4.78 is 19.1. The lowest BCUT2D eigenvalue weighted by Crippen LogP contribution is -2.34. The van der Waals surface area contributed by atoms with Crippen molar-refractivity contribution in [3.63, 3.8) is 0 Å². The van der Waals surface area contributed by atoms with Gasteiger partial charge in [-0.15, -0.1) is 0 Å². The van der Waals surface area contributed by atoms with Gasteiger partial charge in [0.1, 0.15) is 11.9 Å². The van der Waals surface area contributed by atoms with Crippen LogP contribution in [0.2, 0.25) is 0 Å². The normalized spacial score (nSPS) is 15.9. The molecule has 1 aliphatic heterocycles. The number of nitrogens with zero attached hydrogens (tertiary/aromatic N) is 2. The van der Waals surface area contributed by atoms with Crippen molar-refractivity contribution in [3.8, 4) is 11.5 Å². The number of hydrogen-bond donors (Lipinski definition) is 1. The topological polar surface area (TPSA) is 74.6 Å². The summed E-state index contributed by atoms with van der Waals surface area (Å²) in [5, 5.41) is 2.99. The second-order valence-electron chi connectivity index (χ2n) is 8.00. The Morgan fingerprint density at radius 2 is 2.15 bits per heavy atom. The average Bonchev–Trinajstić information content (AvgIpc) is 3.49. The molecule has 174 valence electrons. The Balaban J connectivity index is 1.39. The highest BCUT2D eigenvalue weighted by molar-refractivity contribution is 5.81. The van der Waals surface area contributed by atoms with Crippen molar-refractivity contribution in [3.05, 3.63) is 59.9 Å². The number of hydrogen-bond acceptors (Lipinski definition) is 5. The molecule has 4 rings (SSSR count). The molecule has 7 heteroatoms. The van der Waals surface area contributed by atoms with Crippen molar-refractivity contribution >= 4 is 23.0 Å². The van der Waals surface area contributed by atoms with Gasteiger partial charge in [-0.05, 0) is 56.0 Å². The first kappa shape index (κ1) is 22.9. The van der Waals surface area contributed by atoms with E-state index < -0.39 is 0 Å². The lowest BCUT2D eigenvalue weighted by molar-refractivity contribution is -0.130. The molecule has 1 amide bonds. The number of amides is 1. The maximum Gasteiger partial charge on any atom is 0.249 e. The van der Waals surface area contributed by atoms with Crippen LogP contribution < -0.4 is 14.8 Å². The summed E-state index contributed by atoms with van der Waals surface area (Å²) in [6.45, 7) is 4.27. The predicted octanol–water partition coefficient (Wildman–Crippen LogP) is 4.34. The van der Waals surface area contributed by atoms with Crippen molar-refractivity contribution in [1.29, 1.82) is 0 Å². The molecule has 2 heterocycles. The summed E-state index contributed by atoms with van der Waals surface area (Å²) in [5.74, 6) is 2.21. The van der Waals surface area contributed by atoms with Crippen molar-refractivity contribution in [2.45, 2.75) is 45.4 Å². The molecule has 3 aromatic rings. The van der Waals surface area contributed by atoms with Crippen LogP contribution in [0.25, 0.3) is 17.1 Å². The molecule has 1 fully saturated rings. The molecule has 1 saturated heterocycles. The van der Waals surface area contributed by atoms with Gasteiger partial charge in [0.05, 0.1) is 31.3 Å². The van der Waals surface area contributed by atoms with E-state index >= 15 is 0 Å². The van der Waals surface area contributed by atoms with E-state index in [1.165, 1.54) is 0 Å². The van der Waals surface area contributed by atoms with E-state index in [4.69, 9.17) is 19.2 Å². The minimum absolute atomic E-state index is 0.0668. The van der Waals surface area contributed by atoms with E-state index in [0.717, 1.165) is 59.7 Å². The van der Waals surface area contributed by atoms with E-state index in [2.05, 4.69) is 16.0 Å². The number of benzene rings is 2. The monoisotopic (exact) mass is 449 g/mol. The molecule has 1 aromatic heterocycles. The molecule has 33 heavy (non-hydrogen) atoms. The molecular formula is C26H31N3O4. The number of allylic oxidation sites excluding steroid dienone is 1. The molecule has 1 unspecified atom stereocenters. The summed E-state index contributed by atoms with van der Waals surface area (Å²) in [6.07, 6.45) is 6.16. The highest BCUT2D eigenvalue weighted by Gasteiger charge is 2.23. The third kappa shape index (κ3) is 5.54. The summed E-state index contributed by atoms with van der Waals surface area (Å²) >= 11 is 0. The zero-order valence-electron chi connectivity index (χ0n) is 19.3. The van der Waals surface area contributed by atoms with Gasteiger partial charge in [0.2, 0.25) is 5.91 Å². The number of carbonyl (C=O) groups is 1. The van der Waals surface area contributed by atoms with Crippen LogP contribution in [0.3, 0.4) is 0 Å². The zero-order chi connectivity index (χ0) is 23.0. The van der Waals surface area contributed by atoms with Gasteiger partial charge in [-0.1, -0.05) is 30.4 Å². The highest BCUT2D eigenvalue weighted by Crippen LogP contribution is 2.29. The summed E-state index contributed by atoms with van der Waals surface area (Å²) in [5.41, 5.74) is 3.04. The van der Waals surface area contributed by atoms with Gasteiger partial charge in [0.15, 0.2) is 11.5 Å². The SMILES string of the molecule is C/C=C/c1ccc(OCCCn2c(CNC(=O)C3CCCO3)nc3ccccc32)c(OC)c1. The van der Waals surface area contributed by atoms with E-state index in [0.29, 0.717) is 19.8 Å². The number of rotatable bonds is 10. The van der Waals surface area contributed by atoms with E-state index in [9.17, 15) is 4.79 Å². The summed E-state index contributed by atoms with van der Waals surface area (Å²) in [4.78, 5) is 17.1. The largest absolute Gasteiger partial charge is 0.493 e. The number of methoxy groups -OCH3 is 1. The predicted molar refractivity (Wildman–Crippen MR) is 128 cm³/mol. The van der Waals surface area contributed by atoms with Crippen LogP contribution in [0.15, 0.2) is 48.5 Å². The van der Waals surface area contributed by atoms with Crippen molar-refractivity contribution in [2.24, 2.45) is 0 Å². The molecule has 1 atom stereocenters. The number of carbonyl (C=O) groups excluding carboxylic acids is 1. The standard InChI is InChI=1S/C26H31N3O4/c1-3-8-19-12-13-22(24(17-19)31-2)32-16-7-14-29-21-10-5-4-9-20(21)28-25(29)18-27-26(30)23-11-6-15-33-23/h3-5,8-10,12-13,17,23H,6-7,11,14-16,18H2,1-2H3,(H,27,30)/b8-3+. The van der Waals surface area contributed by atoms with Crippen LogP contribution in [-0.4, -0.2) is 41.9 Å². The molecule has 1 aliphatic rings. The van der Waals surface area contributed by atoms with Gasteiger partial charge in [-0.25, -0.2) is 4.98 Å². The van der Waals surface area contributed by atoms with Crippen LogP contribution in [-0.2, 0) is 22.6 Å². The van der Waals surface area contributed by atoms with E-state index in [1.54, 1.807) is 7.11 Å². The van der Waals surface area contributed by atoms with Crippen molar-refractivity contribution < 1.29 is 19.0 Å².